The van der Waals surface area contributed by atoms with E-state index >= 15 is 0 Å². The molecule has 134 valence electrons. The van der Waals surface area contributed by atoms with Gasteiger partial charge in [-0.25, -0.2) is 0 Å². The zero-order valence-corrected chi connectivity index (χ0v) is 15.3. The molecule has 1 aliphatic carbocycles. The molecule has 0 aromatic rings. The zero-order valence-electron chi connectivity index (χ0n) is 15.3. The van der Waals surface area contributed by atoms with Crippen molar-refractivity contribution in [2.45, 2.75) is 65.0 Å². The molecule has 2 aliphatic rings. The van der Waals surface area contributed by atoms with Gasteiger partial charge in [-0.3, -0.25) is 4.99 Å². The summed E-state index contributed by atoms with van der Waals surface area (Å²) >= 11 is 0. The van der Waals surface area contributed by atoms with Gasteiger partial charge in [-0.2, -0.15) is 0 Å². The Morgan fingerprint density at radius 3 is 2.57 bits per heavy atom. The fourth-order valence-electron chi connectivity index (χ4n) is 2.97. The van der Waals surface area contributed by atoms with Gasteiger partial charge in [-0.15, -0.1) is 0 Å². The van der Waals surface area contributed by atoms with E-state index in [0.29, 0.717) is 12.1 Å². The summed E-state index contributed by atoms with van der Waals surface area (Å²) in [4.78, 5) is 7.25. The highest BCUT2D eigenvalue weighted by Crippen LogP contribution is 2.28. The zero-order chi connectivity index (χ0) is 16.5. The van der Waals surface area contributed by atoms with E-state index in [4.69, 9.17) is 9.73 Å². The van der Waals surface area contributed by atoms with Crippen LogP contribution in [-0.2, 0) is 4.74 Å². The first-order chi connectivity index (χ1) is 11.2. The summed E-state index contributed by atoms with van der Waals surface area (Å²) in [5.74, 6) is 1.83. The van der Waals surface area contributed by atoms with Gasteiger partial charge in [0.05, 0.1) is 0 Å². The number of aliphatic imine (C=N–C) groups is 1. The van der Waals surface area contributed by atoms with Gasteiger partial charge in [-0.1, -0.05) is 0 Å². The summed E-state index contributed by atoms with van der Waals surface area (Å²) in [5.41, 5.74) is 0. The van der Waals surface area contributed by atoms with Crippen molar-refractivity contribution in [1.82, 2.24) is 15.5 Å². The Hall–Kier alpha value is -0.810. The fourth-order valence-corrected chi connectivity index (χ4v) is 2.97. The van der Waals surface area contributed by atoms with Crippen LogP contribution in [0.2, 0.25) is 0 Å². The number of hydrogen-bond donors (Lipinski definition) is 2. The Balaban J connectivity index is 1.62. The molecule has 23 heavy (non-hydrogen) atoms. The van der Waals surface area contributed by atoms with Crippen LogP contribution in [-0.4, -0.2) is 62.3 Å². The summed E-state index contributed by atoms with van der Waals surface area (Å²) in [6.45, 7) is 12.6. The molecule has 0 radical (unpaired) electrons. The molecule has 0 unspecified atom stereocenters. The van der Waals surface area contributed by atoms with Crippen LogP contribution < -0.4 is 10.6 Å². The van der Waals surface area contributed by atoms with Gasteiger partial charge in [0.2, 0.25) is 0 Å². The molecule has 2 fully saturated rings. The first-order valence-electron chi connectivity index (χ1n) is 9.55. The highest BCUT2D eigenvalue weighted by atomic mass is 16.5. The van der Waals surface area contributed by atoms with Crippen molar-refractivity contribution in [3.05, 3.63) is 0 Å². The predicted molar refractivity (Wildman–Crippen MR) is 97.0 cm³/mol. The molecule has 0 aromatic carbocycles. The number of nitrogens with zero attached hydrogens (tertiary/aromatic N) is 2. The molecule has 1 heterocycles. The molecule has 0 spiro atoms. The maximum atomic E-state index is 5.67. The van der Waals surface area contributed by atoms with Crippen molar-refractivity contribution in [3.8, 4) is 0 Å². The van der Waals surface area contributed by atoms with Crippen LogP contribution >= 0.6 is 0 Å². The van der Waals surface area contributed by atoms with Crippen LogP contribution in [0.25, 0.3) is 0 Å². The lowest BCUT2D eigenvalue weighted by atomic mass is 10.0. The van der Waals surface area contributed by atoms with Gasteiger partial charge in [0.15, 0.2) is 5.96 Å². The van der Waals surface area contributed by atoms with Crippen LogP contribution in [0.4, 0.5) is 0 Å². The van der Waals surface area contributed by atoms with Crippen LogP contribution in [0.5, 0.6) is 0 Å². The standard InChI is InChI=1S/C18H36N4O/c1-4-19-18(20-10-5-13-23-14-16-6-7-16)21-17-8-11-22(12-9-17)15(2)3/h15-17H,4-14H2,1-3H3,(H2,19,20,21). The second-order valence-corrected chi connectivity index (χ2v) is 7.18. The summed E-state index contributed by atoms with van der Waals surface area (Å²) in [6, 6.07) is 1.21. The Bertz CT molecular complexity index is 347. The first-order valence-corrected chi connectivity index (χ1v) is 9.55. The van der Waals surface area contributed by atoms with Crippen molar-refractivity contribution in [2.75, 3.05) is 39.4 Å². The van der Waals surface area contributed by atoms with Crippen LogP contribution in [0.15, 0.2) is 4.99 Å². The van der Waals surface area contributed by atoms with Crippen molar-refractivity contribution in [1.29, 1.82) is 0 Å². The van der Waals surface area contributed by atoms with E-state index in [2.05, 4.69) is 36.3 Å². The lowest BCUT2D eigenvalue weighted by Gasteiger charge is -2.35. The molecule has 0 amide bonds. The number of guanidine groups is 1. The minimum atomic E-state index is 0.550. The second-order valence-electron chi connectivity index (χ2n) is 7.18. The smallest absolute Gasteiger partial charge is 0.191 e. The molecule has 2 N–H and O–H groups in total. The summed E-state index contributed by atoms with van der Waals surface area (Å²) in [7, 11) is 0. The molecule has 0 aromatic heterocycles. The van der Waals surface area contributed by atoms with Crippen molar-refractivity contribution < 1.29 is 4.74 Å². The number of likely N-dealkylation sites (tertiary alicyclic amines) is 1. The average Bonchev–Trinajstić information content (AvgIpc) is 3.35. The molecule has 5 heteroatoms. The monoisotopic (exact) mass is 324 g/mol. The molecule has 1 saturated carbocycles. The highest BCUT2D eigenvalue weighted by molar-refractivity contribution is 5.80. The average molecular weight is 325 g/mol. The SMILES string of the molecule is CCNC(=NCCCOCC1CC1)NC1CCN(C(C)C)CC1. The number of piperidine rings is 1. The molecule has 2 rings (SSSR count). The van der Waals surface area contributed by atoms with Gasteiger partial charge in [0.1, 0.15) is 0 Å². The lowest BCUT2D eigenvalue weighted by Crippen LogP contribution is -2.49. The van der Waals surface area contributed by atoms with Gasteiger partial charge < -0.3 is 20.3 Å². The van der Waals surface area contributed by atoms with Gasteiger partial charge in [0.25, 0.3) is 0 Å². The summed E-state index contributed by atoms with van der Waals surface area (Å²) in [6.07, 6.45) is 6.14. The lowest BCUT2D eigenvalue weighted by molar-refractivity contribution is 0.123. The summed E-state index contributed by atoms with van der Waals surface area (Å²) in [5, 5.41) is 6.97. The second kappa shape index (κ2) is 10.1. The Morgan fingerprint density at radius 1 is 1.22 bits per heavy atom. The molecule has 0 atom stereocenters. The van der Waals surface area contributed by atoms with Crippen LogP contribution in [0, 0.1) is 5.92 Å². The minimum absolute atomic E-state index is 0.550. The van der Waals surface area contributed by atoms with E-state index in [1.54, 1.807) is 0 Å². The van der Waals surface area contributed by atoms with E-state index < -0.39 is 0 Å². The first kappa shape index (κ1) is 18.5. The molecular formula is C18H36N4O. The third kappa shape index (κ3) is 7.53. The fraction of sp³-hybridized carbons (Fsp3) is 0.944. The van der Waals surface area contributed by atoms with Crippen molar-refractivity contribution >= 4 is 5.96 Å². The largest absolute Gasteiger partial charge is 0.381 e. The molecule has 5 nitrogen and oxygen atoms in total. The van der Waals surface area contributed by atoms with Crippen molar-refractivity contribution in [2.24, 2.45) is 10.9 Å². The maximum absolute atomic E-state index is 5.67. The minimum Gasteiger partial charge on any atom is -0.381 e. The van der Waals surface area contributed by atoms with Crippen molar-refractivity contribution in [3.63, 3.8) is 0 Å². The predicted octanol–water partition coefficient (Wildman–Crippen LogP) is 2.23. The third-order valence-corrected chi connectivity index (χ3v) is 4.71. The Labute approximate surface area is 142 Å². The number of ether oxygens (including phenoxy) is 1. The Morgan fingerprint density at radius 2 is 1.96 bits per heavy atom. The Kier molecular flexibility index (Phi) is 8.17. The quantitative estimate of drug-likeness (QED) is 0.388. The van der Waals surface area contributed by atoms with E-state index in [0.717, 1.165) is 44.6 Å². The number of nitrogens with one attached hydrogen (secondary N) is 2. The topological polar surface area (TPSA) is 48.9 Å². The van der Waals surface area contributed by atoms with E-state index in [-0.39, 0.29) is 0 Å². The van der Waals surface area contributed by atoms with Crippen LogP contribution in [0.1, 0.15) is 52.9 Å². The summed E-state index contributed by atoms with van der Waals surface area (Å²) < 4.78 is 5.67. The van der Waals surface area contributed by atoms with E-state index in [1.165, 1.54) is 38.8 Å². The van der Waals surface area contributed by atoms with E-state index in [9.17, 15) is 0 Å². The molecular weight excluding hydrogens is 288 g/mol. The number of hydrogen-bond acceptors (Lipinski definition) is 3. The maximum Gasteiger partial charge on any atom is 0.191 e. The normalized spacial score (nSPS) is 21.0. The molecule has 1 saturated heterocycles. The van der Waals surface area contributed by atoms with Gasteiger partial charge in [0, 0.05) is 51.5 Å². The third-order valence-electron chi connectivity index (χ3n) is 4.71. The van der Waals surface area contributed by atoms with Crippen LogP contribution in [0.3, 0.4) is 0 Å². The van der Waals surface area contributed by atoms with Gasteiger partial charge in [-0.05, 0) is 58.8 Å². The number of rotatable bonds is 9. The van der Waals surface area contributed by atoms with E-state index in [1.807, 2.05) is 0 Å². The molecule has 0 bridgehead atoms. The highest BCUT2D eigenvalue weighted by Gasteiger charge is 2.22. The van der Waals surface area contributed by atoms with Gasteiger partial charge >= 0.3 is 0 Å². The molecule has 1 aliphatic heterocycles.